The van der Waals surface area contributed by atoms with Crippen molar-refractivity contribution < 1.29 is 9.47 Å². The lowest BCUT2D eigenvalue weighted by Crippen LogP contribution is -2.43. The molecule has 0 aliphatic heterocycles. The Morgan fingerprint density at radius 2 is 2.15 bits per heavy atom. The predicted octanol–water partition coefficient (Wildman–Crippen LogP) is 3.35. The van der Waals surface area contributed by atoms with Crippen LogP contribution in [0.25, 0.3) is 11.0 Å². The molecular weight excluding hydrogens is 276 g/mol. The first-order valence-corrected chi connectivity index (χ1v) is 7.39. The third kappa shape index (κ3) is 2.17. The fourth-order valence-corrected chi connectivity index (χ4v) is 3.05. The molecule has 2 aromatic rings. The van der Waals surface area contributed by atoms with E-state index in [-0.39, 0.29) is 5.60 Å². The van der Waals surface area contributed by atoms with Gasteiger partial charge in [-0.3, -0.25) is 0 Å². The number of methoxy groups -OCH3 is 2. The van der Waals surface area contributed by atoms with E-state index in [1.807, 2.05) is 18.2 Å². The standard InChI is InChI=1S/C15H19ClN2O2/c1-19-11-4-5-12-13(8-11)18(14(9-16)17-12)10-15(20-2)6-3-7-15/h4-5,8H,3,6-7,9-10H2,1-2H3. The molecule has 20 heavy (non-hydrogen) atoms. The number of nitrogens with zero attached hydrogens (tertiary/aromatic N) is 2. The van der Waals surface area contributed by atoms with E-state index in [4.69, 9.17) is 21.1 Å². The third-order valence-electron chi connectivity index (χ3n) is 4.30. The van der Waals surface area contributed by atoms with Crippen molar-refractivity contribution in [3.63, 3.8) is 0 Å². The van der Waals surface area contributed by atoms with Crippen LogP contribution in [0.2, 0.25) is 0 Å². The molecule has 5 heteroatoms. The summed E-state index contributed by atoms with van der Waals surface area (Å²) in [7, 11) is 3.46. The Balaban J connectivity index is 2.06. The first kappa shape index (κ1) is 13.7. The summed E-state index contributed by atoms with van der Waals surface area (Å²) in [6.07, 6.45) is 3.41. The van der Waals surface area contributed by atoms with Crippen molar-refractivity contribution in [2.45, 2.75) is 37.3 Å². The molecule has 1 aromatic carbocycles. The second-order valence-electron chi connectivity index (χ2n) is 5.34. The lowest BCUT2D eigenvalue weighted by Gasteiger charge is -2.41. The summed E-state index contributed by atoms with van der Waals surface area (Å²) >= 11 is 6.06. The van der Waals surface area contributed by atoms with Gasteiger partial charge < -0.3 is 14.0 Å². The molecule has 0 spiro atoms. The van der Waals surface area contributed by atoms with Crippen LogP contribution in [0.4, 0.5) is 0 Å². The Hall–Kier alpha value is -1.26. The van der Waals surface area contributed by atoms with Crippen molar-refractivity contribution in [1.29, 1.82) is 0 Å². The van der Waals surface area contributed by atoms with E-state index in [9.17, 15) is 0 Å². The minimum Gasteiger partial charge on any atom is -0.497 e. The molecular formula is C15H19ClN2O2. The molecule has 0 atom stereocenters. The van der Waals surface area contributed by atoms with Gasteiger partial charge in [0.1, 0.15) is 11.6 Å². The van der Waals surface area contributed by atoms with E-state index in [0.29, 0.717) is 5.88 Å². The monoisotopic (exact) mass is 294 g/mol. The van der Waals surface area contributed by atoms with Gasteiger partial charge in [0.15, 0.2) is 0 Å². The van der Waals surface area contributed by atoms with Crippen LogP contribution in [0.3, 0.4) is 0 Å². The Morgan fingerprint density at radius 1 is 1.35 bits per heavy atom. The Kier molecular flexibility index (Phi) is 3.61. The number of halogens is 1. The minimum absolute atomic E-state index is 0.0580. The van der Waals surface area contributed by atoms with Gasteiger partial charge in [-0.2, -0.15) is 0 Å². The zero-order valence-corrected chi connectivity index (χ0v) is 12.6. The van der Waals surface area contributed by atoms with Crippen LogP contribution in [0.5, 0.6) is 5.75 Å². The second kappa shape index (κ2) is 5.26. The van der Waals surface area contributed by atoms with Gasteiger partial charge in [-0.25, -0.2) is 4.98 Å². The van der Waals surface area contributed by atoms with E-state index in [0.717, 1.165) is 42.0 Å². The number of rotatable bonds is 5. The van der Waals surface area contributed by atoms with Crippen molar-refractivity contribution in [3.05, 3.63) is 24.0 Å². The molecule has 1 saturated carbocycles. The Bertz CT molecular complexity index is 614. The van der Waals surface area contributed by atoms with Gasteiger partial charge in [-0.05, 0) is 31.4 Å². The summed E-state index contributed by atoms with van der Waals surface area (Å²) < 4.78 is 13.2. The van der Waals surface area contributed by atoms with Gasteiger partial charge in [0.05, 0.1) is 36.2 Å². The number of fused-ring (bicyclic) bond motifs is 1. The maximum Gasteiger partial charge on any atom is 0.124 e. The van der Waals surface area contributed by atoms with Crippen molar-refractivity contribution in [3.8, 4) is 5.75 Å². The van der Waals surface area contributed by atoms with Crippen LogP contribution in [0, 0.1) is 0 Å². The topological polar surface area (TPSA) is 36.3 Å². The van der Waals surface area contributed by atoms with Crippen LogP contribution < -0.4 is 4.74 Å². The normalized spacial score (nSPS) is 17.1. The average molecular weight is 295 g/mol. The van der Waals surface area contributed by atoms with Crippen LogP contribution >= 0.6 is 11.6 Å². The number of benzene rings is 1. The molecule has 1 aliphatic rings. The molecule has 0 radical (unpaired) electrons. The third-order valence-corrected chi connectivity index (χ3v) is 4.54. The van der Waals surface area contributed by atoms with E-state index < -0.39 is 0 Å². The van der Waals surface area contributed by atoms with Gasteiger partial charge in [-0.15, -0.1) is 11.6 Å². The van der Waals surface area contributed by atoms with E-state index in [2.05, 4.69) is 9.55 Å². The van der Waals surface area contributed by atoms with E-state index in [1.54, 1.807) is 14.2 Å². The number of aromatic nitrogens is 2. The van der Waals surface area contributed by atoms with Crippen LogP contribution in [0.1, 0.15) is 25.1 Å². The lowest BCUT2D eigenvalue weighted by atomic mass is 9.80. The fraction of sp³-hybridized carbons (Fsp3) is 0.533. The molecule has 1 aliphatic carbocycles. The molecule has 0 bridgehead atoms. The smallest absolute Gasteiger partial charge is 0.124 e. The molecule has 0 N–H and O–H groups in total. The highest BCUT2D eigenvalue weighted by Gasteiger charge is 2.38. The van der Waals surface area contributed by atoms with Crippen molar-refractivity contribution >= 4 is 22.6 Å². The molecule has 1 heterocycles. The van der Waals surface area contributed by atoms with E-state index in [1.165, 1.54) is 6.42 Å². The maximum atomic E-state index is 6.06. The fourth-order valence-electron chi connectivity index (χ4n) is 2.84. The summed E-state index contributed by atoms with van der Waals surface area (Å²) in [6, 6.07) is 5.91. The van der Waals surface area contributed by atoms with Crippen molar-refractivity contribution in [1.82, 2.24) is 9.55 Å². The van der Waals surface area contributed by atoms with Gasteiger partial charge in [0.25, 0.3) is 0 Å². The Morgan fingerprint density at radius 3 is 2.70 bits per heavy atom. The van der Waals surface area contributed by atoms with Crippen molar-refractivity contribution in [2.24, 2.45) is 0 Å². The first-order valence-electron chi connectivity index (χ1n) is 6.85. The number of hydrogen-bond acceptors (Lipinski definition) is 3. The van der Waals surface area contributed by atoms with E-state index >= 15 is 0 Å². The summed E-state index contributed by atoms with van der Waals surface area (Å²) in [5.74, 6) is 2.12. The zero-order chi connectivity index (χ0) is 14.2. The summed E-state index contributed by atoms with van der Waals surface area (Å²) in [5, 5.41) is 0. The van der Waals surface area contributed by atoms with Crippen LogP contribution in [-0.4, -0.2) is 29.4 Å². The molecule has 0 saturated heterocycles. The maximum absolute atomic E-state index is 6.06. The first-order chi connectivity index (χ1) is 9.71. The summed E-state index contributed by atoms with van der Waals surface area (Å²) in [5.41, 5.74) is 1.95. The molecule has 1 fully saturated rings. The highest BCUT2D eigenvalue weighted by Crippen LogP contribution is 2.38. The molecule has 1 aromatic heterocycles. The largest absolute Gasteiger partial charge is 0.497 e. The number of alkyl halides is 1. The molecule has 108 valence electrons. The highest BCUT2D eigenvalue weighted by molar-refractivity contribution is 6.16. The molecule has 3 rings (SSSR count). The number of imidazole rings is 1. The van der Waals surface area contributed by atoms with Crippen molar-refractivity contribution in [2.75, 3.05) is 14.2 Å². The van der Waals surface area contributed by atoms with Crippen LogP contribution in [-0.2, 0) is 17.2 Å². The molecule has 0 amide bonds. The van der Waals surface area contributed by atoms with Gasteiger partial charge in [0, 0.05) is 13.2 Å². The average Bonchev–Trinajstić information content (AvgIpc) is 2.79. The predicted molar refractivity (Wildman–Crippen MR) is 79.4 cm³/mol. The number of hydrogen-bond donors (Lipinski definition) is 0. The second-order valence-corrected chi connectivity index (χ2v) is 5.61. The summed E-state index contributed by atoms with van der Waals surface area (Å²) in [6.45, 7) is 0.801. The van der Waals surface area contributed by atoms with Gasteiger partial charge >= 0.3 is 0 Å². The quantitative estimate of drug-likeness (QED) is 0.794. The van der Waals surface area contributed by atoms with Gasteiger partial charge in [-0.1, -0.05) is 0 Å². The SMILES string of the molecule is COc1ccc2nc(CCl)n(CC3(OC)CCC3)c2c1. The highest BCUT2D eigenvalue weighted by atomic mass is 35.5. The minimum atomic E-state index is -0.0580. The summed E-state index contributed by atoms with van der Waals surface area (Å²) in [4.78, 5) is 4.60. The molecule has 4 nitrogen and oxygen atoms in total. The van der Waals surface area contributed by atoms with Crippen LogP contribution in [0.15, 0.2) is 18.2 Å². The lowest BCUT2D eigenvalue weighted by molar-refractivity contribution is -0.0831. The number of ether oxygens (including phenoxy) is 2. The van der Waals surface area contributed by atoms with Gasteiger partial charge in [0.2, 0.25) is 0 Å². The Labute approximate surface area is 123 Å². The zero-order valence-electron chi connectivity index (χ0n) is 11.9. The molecule has 0 unspecified atom stereocenters.